The van der Waals surface area contributed by atoms with E-state index >= 15 is 0 Å². The molecule has 2 rings (SSSR count). The van der Waals surface area contributed by atoms with Crippen LogP contribution in [0.3, 0.4) is 0 Å². The molecule has 106 valence electrons. The highest BCUT2D eigenvalue weighted by Crippen LogP contribution is 2.25. The number of benzene rings is 1. The van der Waals surface area contributed by atoms with E-state index in [4.69, 9.17) is 9.84 Å². The Morgan fingerprint density at radius 1 is 1.25 bits per heavy atom. The number of hydrogen-bond acceptors (Lipinski definition) is 4. The van der Waals surface area contributed by atoms with Gasteiger partial charge < -0.3 is 15.2 Å². The number of aliphatic hydroxyl groups excluding tert-OH is 1. The summed E-state index contributed by atoms with van der Waals surface area (Å²) in [5.41, 5.74) is 2.08. The van der Waals surface area contributed by atoms with Crippen LogP contribution >= 0.6 is 0 Å². The number of hydrogen-bond donors (Lipinski definition) is 2. The molecule has 1 aromatic carbocycles. The molecule has 0 aliphatic carbocycles. The lowest BCUT2D eigenvalue weighted by molar-refractivity contribution is 0.298. The van der Waals surface area contributed by atoms with Crippen LogP contribution in [-0.4, -0.2) is 23.2 Å². The fraction of sp³-hybridized carbons (Fsp3) is 0.312. The molecule has 0 bridgehead atoms. The van der Waals surface area contributed by atoms with Gasteiger partial charge in [0.2, 0.25) is 0 Å². The van der Waals surface area contributed by atoms with Crippen LogP contribution in [0.15, 0.2) is 42.7 Å². The van der Waals surface area contributed by atoms with E-state index in [1.54, 1.807) is 6.20 Å². The smallest absolute Gasteiger partial charge is 0.146 e. The first-order valence-corrected chi connectivity index (χ1v) is 6.84. The standard InChI is InChI=1S/C16H20N2O2/c1-2-17-10-13-9-15(12-18-11-13)20-16-6-4-3-5-14(16)7-8-19/h3-6,9,11-12,17,19H,2,7-8,10H2,1H3. The van der Waals surface area contributed by atoms with E-state index < -0.39 is 0 Å². The lowest BCUT2D eigenvalue weighted by Gasteiger charge is -2.11. The molecule has 1 heterocycles. The van der Waals surface area contributed by atoms with Gasteiger partial charge >= 0.3 is 0 Å². The first-order chi connectivity index (χ1) is 9.83. The summed E-state index contributed by atoms with van der Waals surface area (Å²) in [7, 11) is 0. The second-order valence-electron chi connectivity index (χ2n) is 4.49. The molecule has 0 radical (unpaired) electrons. The average molecular weight is 272 g/mol. The molecule has 0 atom stereocenters. The van der Waals surface area contributed by atoms with Gasteiger partial charge in [0.05, 0.1) is 6.20 Å². The highest BCUT2D eigenvalue weighted by molar-refractivity contribution is 5.38. The van der Waals surface area contributed by atoms with Gasteiger partial charge in [-0.2, -0.15) is 0 Å². The van der Waals surface area contributed by atoms with Gasteiger partial charge in [-0.1, -0.05) is 25.1 Å². The van der Waals surface area contributed by atoms with Crippen LogP contribution in [0.25, 0.3) is 0 Å². The summed E-state index contributed by atoms with van der Waals surface area (Å²) >= 11 is 0. The molecule has 4 nitrogen and oxygen atoms in total. The number of nitrogens with zero attached hydrogens (tertiary/aromatic N) is 1. The minimum atomic E-state index is 0.110. The monoisotopic (exact) mass is 272 g/mol. The van der Waals surface area contributed by atoms with Gasteiger partial charge in [-0.25, -0.2) is 0 Å². The van der Waals surface area contributed by atoms with Crippen molar-refractivity contribution in [2.45, 2.75) is 19.9 Å². The van der Waals surface area contributed by atoms with Crippen LogP contribution < -0.4 is 10.1 Å². The Hall–Kier alpha value is -1.91. The highest BCUT2D eigenvalue weighted by atomic mass is 16.5. The molecule has 0 aliphatic rings. The molecule has 0 unspecified atom stereocenters. The third kappa shape index (κ3) is 4.05. The Balaban J connectivity index is 2.13. The molecule has 1 aromatic heterocycles. The summed E-state index contributed by atoms with van der Waals surface area (Å²) in [6.07, 6.45) is 4.11. The van der Waals surface area contributed by atoms with Gasteiger partial charge in [-0.05, 0) is 36.2 Å². The van der Waals surface area contributed by atoms with Crippen LogP contribution in [0.4, 0.5) is 0 Å². The van der Waals surface area contributed by atoms with Gasteiger partial charge in [-0.15, -0.1) is 0 Å². The number of rotatable bonds is 7. The molecule has 0 saturated heterocycles. The zero-order valence-corrected chi connectivity index (χ0v) is 11.7. The van der Waals surface area contributed by atoms with E-state index in [1.807, 2.05) is 36.5 Å². The lowest BCUT2D eigenvalue weighted by atomic mass is 10.1. The van der Waals surface area contributed by atoms with Crippen molar-refractivity contribution >= 4 is 0 Å². The van der Waals surface area contributed by atoms with Gasteiger partial charge in [0.15, 0.2) is 0 Å². The van der Waals surface area contributed by atoms with Crippen molar-refractivity contribution in [2.24, 2.45) is 0 Å². The predicted molar refractivity (Wildman–Crippen MR) is 78.9 cm³/mol. The lowest BCUT2D eigenvalue weighted by Crippen LogP contribution is -2.11. The van der Waals surface area contributed by atoms with E-state index in [0.717, 1.165) is 30.0 Å². The van der Waals surface area contributed by atoms with Crippen LogP contribution in [0, 0.1) is 0 Å². The van der Waals surface area contributed by atoms with Crippen molar-refractivity contribution in [1.82, 2.24) is 10.3 Å². The maximum absolute atomic E-state index is 9.08. The Bertz CT molecular complexity index is 544. The van der Waals surface area contributed by atoms with Crippen LogP contribution in [0.5, 0.6) is 11.5 Å². The number of aromatic nitrogens is 1. The summed E-state index contributed by atoms with van der Waals surface area (Å²) in [5, 5.41) is 12.3. The average Bonchev–Trinajstić information content (AvgIpc) is 2.48. The number of pyridine rings is 1. The van der Waals surface area contributed by atoms with Crippen molar-refractivity contribution in [3.05, 3.63) is 53.9 Å². The molecule has 0 saturated carbocycles. The Morgan fingerprint density at radius 2 is 2.10 bits per heavy atom. The van der Waals surface area contributed by atoms with E-state index in [2.05, 4.69) is 17.2 Å². The van der Waals surface area contributed by atoms with E-state index in [-0.39, 0.29) is 6.61 Å². The molecule has 0 spiro atoms. The van der Waals surface area contributed by atoms with Gasteiger partial charge in [0, 0.05) is 19.3 Å². The SMILES string of the molecule is CCNCc1cncc(Oc2ccccc2CCO)c1. The topological polar surface area (TPSA) is 54.4 Å². The fourth-order valence-corrected chi connectivity index (χ4v) is 1.94. The Labute approximate surface area is 119 Å². The third-order valence-corrected chi connectivity index (χ3v) is 2.93. The number of para-hydroxylation sites is 1. The highest BCUT2D eigenvalue weighted by Gasteiger charge is 2.05. The van der Waals surface area contributed by atoms with Crippen LogP contribution in [-0.2, 0) is 13.0 Å². The quantitative estimate of drug-likeness (QED) is 0.813. The van der Waals surface area contributed by atoms with Crippen LogP contribution in [0.2, 0.25) is 0 Å². The van der Waals surface area contributed by atoms with Gasteiger partial charge in [0.25, 0.3) is 0 Å². The number of aliphatic hydroxyl groups is 1. The first-order valence-electron chi connectivity index (χ1n) is 6.84. The third-order valence-electron chi connectivity index (χ3n) is 2.93. The first kappa shape index (κ1) is 14.5. The normalized spacial score (nSPS) is 10.5. The van der Waals surface area contributed by atoms with Crippen molar-refractivity contribution < 1.29 is 9.84 Å². The predicted octanol–water partition coefficient (Wildman–Crippen LogP) is 2.52. The molecule has 0 amide bonds. The van der Waals surface area contributed by atoms with E-state index in [9.17, 15) is 0 Å². The molecular formula is C16H20N2O2. The van der Waals surface area contributed by atoms with Gasteiger partial charge in [-0.3, -0.25) is 4.98 Å². The second kappa shape index (κ2) is 7.62. The molecule has 0 aliphatic heterocycles. The summed E-state index contributed by atoms with van der Waals surface area (Å²) in [5.74, 6) is 1.48. The van der Waals surface area contributed by atoms with Crippen LogP contribution in [0.1, 0.15) is 18.1 Å². The summed E-state index contributed by atoms with van der Waals surface area (Å²) < 4.78 is 5.88. The Kier molecular flexibility index (Phi) is 5.53. The molecule has 0 fully saturated rings. The van der Waals surface area contributed by atoms with E-state index in [0.29, 0.717) is 12.2 Å². The maximum Gasteiger partial charge on any atom is 0.146 e. The molecular weight excluding hydrogens is 252 g/mol. The molecule has 2 N–H and O–H groups in total. The number of nitrogens with one attached hydrogen (secondary N) is 1. The van der Waals surface area contributed by atoms with Crippen molar-refractivity contribution in [3.8, 4) is 11.5 Å². The Morgan fingerprint density at radius 3 is 2.90 bits per heavy atom. The summed E-state index contributed by atoms with van der Waals surface area (Å²) in [4.78, 5) is 4.19. The van der Waals surface area contributed by atoms with Crippen molar-refractivity contribution in [2.75, 3.05) is 13.2 Å². The summed E-state index contributed by atoms with van der Waals surface area (Å²) in [6.45, 7) is 3.88. The molecule has 4 heteroatoms. The van der Waals surface area contributed by atoms with Crippen molar-refractivity contribution in [3.63, 3.8) is 0 Å². The second-order valence-corrected chi connectivity index (χ2v) is 4.49. The van der Waals surface area contributed by atoms with Crippen molar-refractivity contribution in [1.29, 1.82) is 0 Å². The summed E-state index contributed by atoms with van der Waals surface area (Å²) in [6, 6.07) is 9.71. The maximum atomic E-state index is 9.08. The zero-order valence-electron chi connectivity index (χ0n) is 11.7. The van der Waals surface area contributed by atoms with Gasteiger partial charge in [0.1, 0.15) is 11.5 Å². The minimum Gasteiger partial charge on any atom is -0.455 e. The number of ether oxygens (including phenoxy) is 1. The largest absolute Gasteiger partial charge is 0.455 e. The van der Waals surface area contributed by atoms with E-state index in [1.165, 1.54) is 0 Å². The fourth-order valence-electron chi connectivity index (χ4n) is 1.94. The molecule has 2 aromatic rings. The zero-order chi connectivity index (χ0) is 14.2. The minimum absolute atomic E-state index is 0.110. The molecule has 20 heavy (non-hydrogen) atoms.